The Bertz CT molecular complexity index is 1490. The number of piperazine rings is 1. The molecule has 36 heavy (non-hydrogen) atoms. The molecule has 0 radical (unpaired) electrons. The molecule has 2 aromatic carbocycles. The van der Waals surface area contributed by atoms with E-state index in [2.05, 4.69) is 9.71 Å². The summed E-state index contributed by atoms with van der Waals surface area (Å²) in [6.07, 6.45) is 3.38. The lowest BCUT2D eigenvalue weighted by Gasteiger charge is -2.42. The van der Waals surface area contributed by atoms with Crippen molar-refractivity contribution >= 4 is 60.6 Å². The number of amides is 1. The molecule has 12 heteroatoms. The number of halogens is 1. The van der Waals surface area contributed by atoms with Gasteiger partial charge in [-0.3, -0.25) is 9.52 Å². The predicted octanol–water partition coefficient (Wildman–Crippen LogP) is 4.00. The summed E-state index contributed by atoms with van der Waals surface area (Å²) in [5.74, 6) is -0.0965. The van der Waals surface area contributed by atoms with Gasteiger partial charge in [-0.1, -0.05) is 23.7 Å². The number of para-hydroxylation sites is 1. The van der Waals surface area contributed by atoms with E-state index >= 15 is 0 Å². The van der Waals surface area contributed by atoms with Crippen molar-refractivity contribution in [1.29, 1.82) is 0 Å². The standard InChI is InChI=1S/C24H24ClN5O4S2.3H2/c25-21-3-1-2-17-8-10-29(23(17)21)15-22(32)30-12-11-28(14-19(30)16-31)18-4-6-20(7-5-18)36(33,34)27-24-26-9-13-35-24;;;/h1-10,13,19,31H,11-12,14-16H2,(H,26,27);3*1H/t19-;;;/m1.../s1. The third-order valence-corrected chi connectivity index (χ3v) is 8.70. The second-order valence-electron chi connectivity index (χ2n) is 8.43. The monoisotopic (exact) mass is 551 g/mol. The number of carbonyl (C=O) groups is 1. The molecule has 5 rings (SSSR count). The SMILES string of the molecule is O=C(Cn1ccc2cccc(Cl)c21)N1CCN(c2ccc(S(=O)(=O)Nc3nccs3)cc2)C[C@@H]1CO.[HH].[HH].[HH]. The smallest absolute Gasteiger partial charge is 0.263 e. The molecule has 0 aliphatic carbocycles. The number of anilines is 2. The van der Waals surface area contributed by atoms with Crippen LogP contribution >= 0.6 is 22.9 Å². The molecule has 4 aromatic rings. The number of nitrogens with one attached hydrogen (secondary N) is 1. The van der Waals surface area contributed by atoms with Crippen molar-refractivity contribution in [3.05, 3.63) is 71.3 Å². The number of hydrogen-bond acceptors (Lipinski definition) is 7. The zero-order chi connectivity index (χ0) is 25.3. The highest BCUT2D eigenvalue weighted by atomic mass is 35.5. The van der Waals surface area contributed by atoms with Crippen molar-refractivity contribution in [3.63, 3.8) is 0 Å². The number of thiazole rings is 1. The molecule has 0 spiro atoms. The summed E-state index contributed by atoms with van der Waals surface area (Å²) in [6, 6.07) is 13.7. The number of fused-ring (bicyclic) bond motifs is 1. The lowest BCUT2D eigenvalue weighted by Crippen LogP contribution is -2.57. The molecule has 0 bridgehead atoms. The molecule has 0 saturated carbocycles. The summed E-state index contributed by atoms with van der Waals surface area (Å²) in [7, 11) is -3.74. The third-order valence-electron chi connectivity index (χ3n) is 6.22. The first-order chi connectivity index (χ1) is 17.4. The van der Waals surface area contributed by atoms with Gasteiger partial charge >= 0.3 is 0 Å². The van der Waals surface area contributed by atoms with E-state index in [4.69, 9.17) is 11.6 Å². The first-order valence-electron chi connectivity index (χ1n) is 11.3. The van der Waals surface area contributed by atoms with E-state index < -0.39 is 16.1 Å². The maximum absolute atomic E-state index is 13.2. The summed E-state index contributed by atoms with van der Waals surface area (Å²) in [4.78, 5) is 21.0. The van der Waals surface area contributed by atoms with Gasteiger partial charge in [0.25, 0.3) is 10.0 Å². The van der Waals surface area contributed by atoms with E-state index in [1.165, 1.54) is 29.7 Å². The number of aromatic nitrogens is 2. The number of hydrogen-bond donors (Lipinski definition) is 2. The lowest BCUT2D eigenvalue weighted by atomic mass is 10.1. The molecule has 194 valence electrons. The minimum atomic E-state index is -3.74. The van der Waals surface area contributed by atoms with E-state index in [0.29, 0.717) is 29.8 Å². The van der Waals surface area contributed by atoms with Crippen molar-refractivity contribution in [2.75, 3.05) is 35.9 Å². The summed E-state index contributed by atoms with van der Waals surface area (Å²) < 4.78 is 29.5. The largest absolute Gasteiger partial charge is 0.394 e. The van der Waals surface area contributed by atoms with Crippen molar-refractivity contribution in [3.8, 4) is 0 Å². The maximum atomic E-state index is 13.2. The normalized spacial score (nSPS) is 16.4. The molecule has 1 atom stereocenters. The van der Waals surface area contributed by atoms with Crippen molar-refractivity contribution in [2.45, 2.75) is 17.5 Å². The molecule has 1 amide bonds. The van der Waals surface area contributed by atoms with E-state index in [-0.39, 0.29) is 28.2 Å². The first-order valence-corrected chi connectivity index (χ1v) is 14.0. The Labute approximate surface area is 222 Å². The average molecular weight is 552 g/mol. The summed E-state index contributed by atoms with van der Waals surface area (Å²) in [5, 5.41) is 13.6. The molecule has 1 saturated heterocycles. The van der Waals surface area contributed by atoms with Crippen LogP contribution in [-0.4, -0.2) is 66.2 Å². The topological polar surface area (TPSA) is 108 Å². The fourth-order valence-electron chi connectivity index (χ4n) is 4.44. The highest BCUT2D eigenvalue weighted by Gasteiger charge is 2.30. The third kappa shape index (κ3) is 4.92. The van der Waals surface area contributed by atoms with Crippen LogP contribution in [0.2, 0.25) is 5.02 Å². The molecule has 2 aromatic heterocycles. The van der Waals surface area contributed by atoms with Gasteiger partial charge in [0.1, 0.15) is 6.54 Å². The molecule has 2 N–H and O–H groups in total. The fourth-order valence-corrected chi connectivity index (χ4v) is 6.52. The zero-order valence-corrected chi connectivity index (χ0v) is 21.5. The van der Waals surface area contributed by atoms with Crippen LogP contribution in [0.5, 0.6) is 0 Å². The Hall–Kier alpha value is -3.12. The number of rotatable bonds is 7. The Balaban J connectivity index is 0.00000178. The molecular formula is C24H30ClN5O4S2. The Morgan fingerprint density at radius 2 is 2.00 bits per heavy atom. The average Bonchev–Trinajstić information content (AvgIpc) is 3.54. The van der Waals surface area contributed by atoms with Gasteiger partial charge in [-0.05, 0) is 36.4 Å². The molecule has 1 fully saturated rings. The molecule has 0 unspecified atom stereocenters. The Morgan fingerprint density at radius 3 is 2.72 bits per heavy atom. The van der Waals surface area contributed by atoms with Crippen LogP contribution in [0.4, 0.5) is 10.8 Å². The van der Waals surface area contributed by atoms with Gasteiger partial charge < -0.3 is 19.5 Å². The van der Waals surface area contributed by atoms with Gasteiger partial charge in [0.2, 0.25) is 5.91 Å². The molecule has 1 aliphatic heterocycles. The van der Waals surface area contributed by atoms with Crippen LogP contribution in [0.25, 0.3) is 10.9 Å². The highest BCUT2D eigenvalue weighted by molar-refractivity contribution is 7.93. The number of sulfonamides is 1. The fraction of sp³-hybridized carbons (Fsp3) is 0.250. The number of carbonyl (C=O) groups excluding carboxylic acids is 1. The van der Waals surface area contributed by atoms with Crippen LogP contribution in [-0.2, 0) is 21.4 Å². The van der Waals surface area contributed by atoms with E-state index in [9.17, 15) is 18.3 Å². The van der Waals surface area contributed by atoms with Crippen LogP contribution < -0.4 is 9.62 Å². The summed E-state index contributed by atoms with van der Waals surface area (Å²) >= 11 is 7.56. The lowest BCUT2D eigenvalue weighted by molar-refractivity contribution is -0.135. The summed E-state index contributed by atoms with van der Waals surface area (Å²) in [5.41, 5.74) is 1.63. The van der Waals surface area contributed by atoms with Gasteiger partial charge in [0.05, 0.1) is 28.1 Å². The van der Waals surface area contributed by atoms with E-state index in [0.717, 1.165) is 16.6 Å². The number of aliphatic hydroxyl groups is 1. The number of nitrogens with zero attached hydrogens (tertiary/aromatic N) is 4. The quantitative estimate of drug-likeness (QED) is 0.359. The highest BCUT2D eigenvalue weighted by Crippen LogP contribution is 2.26. The van der Waals surface area contributed by atoms with Gasteiger partial charge in [0.15, 0.2) is 5.13 Å². The van der Waals surface area contributed by atoms with Gasteiger partial charge in [-0.15, -0.1) is 11.3 Å². The first kappa shape index (κ1) is 24.6. The second kappa shape index (κ2) is 10.1. The van der Waals surface area contributed by atoms with Crippen LogP contribution in [0.3, 0.4) is 0 Å². The number of aliphatic hydroxyl groups excluding tert-OH is 1. The molecule has 9 nitrogen and oxygen atoms in total. The van der Waals surface area contributed by atoms with Crippen LogP contribution in [0.15, 0.2) is 71.2 Å². The Kier molecular flexibility index (Phi) is 6.89. The van der Waals surface area contributed by atoms with Gasteiger partial charge in [0, 0.05) is 52.8 Å². The number of benzene rings is 2. The van der Waals surface area contributed by atoms with Crippen molar-refractivity contribution < 1.29 is 22.6 Å². The molecular weight excluding hydrogens is 522 g/mol. The summed E-state index contributed by atoms with van der Waals surface area (Å²) in [6.45, 7) is 1.36. The minimum Gasteiger partial charge on any atom is -0.394 e. The molecule has 3 heterocycles. The van der Waals surface area contributed by atoms with Crippen molar-refractivity contribution in [2.24, 2.45) is 0 Å². The zero-order valence-electron chi connectivity index (χ0n) is 19.1. The maximum Gasteiger partial charge on any atom is 0.263 e. The van der Waals surface area contributed by atoms with Crippen LogP contribution in [0, 0.1) is 0 Å². The van der Waals surface area contributed by atoms with Gasteiger partial charge in [-0.25, -0.2) is 13.4 Å². The van der Waals surface area contributed by atoms with E-state index in [1.54, 1.807) is 28.5 Å². The second-order valence-corrected chi connectivity index (χ2v) is 11.4. The molecule has 1 aliphatic rings. The van der Waals surface area contributed by atoms with Crippen LogP contribution in [0.1, 0.15) is 4.28 Å². The minimum absolute atomic E-state index is 0. The predicted molar refractivity (Wildman–Crippen MR) is 147 cm³/mol. The van der Waals surface area contributed by atoms with E-state index in [1.807, 2.05) is 33.9 Å². The van der Waals surface area contributed by atoms with Crippen molar-refractivity contribution in [1.82, 2.24) is 14.5 Å². The Morgan fingerprint density at radius 1 is 1.19 bits per heavy atom. The van der Waals surface area contributed by atoms with Gasteiger partial charge in [-0.2, -0.15) is 0 Å².